The summed E-state index contributed by atoms with van der Waals surface area (Å²) in [6.45, 7) is 7.62. The summed E-state index contributed by atoms with van der Waals surface area (Å²) in [5.74, 6) is 0. The summed E-state index contributed by atoms with van der Waals surface area (Å²) < 4.78 is 6.29. The van der Waals surface area contributed by atoms with Gasteiger partial charge in [0.1, 0.15) is 0 Å². The first-order valence-electron chi connectivity index (χ1n) is 8.15. The van der Waals surface area contributed by atoms with Gasteiger partial charge in [0.15, 0.2) is 0 Å². The fraction of sp³-hybridized carbons (Fsp3) is 0.368. The van der Waals surface area contributed by atoms with Gasteiger partial charge in [0.2, 0.25) is 0 Å². The number of halogens is 1. The molecule has 0 aliphatic heterocycles. The van der Waals surface area contributed by atoms with Gasteiger partial charge in [0, 0.05) is 0 Å². The first-order valence-corrected chi connectivity index (χ1v) is 19.9. The third kappa shape index (κ3) is 4.72. The Balaban J connectivity index is 2.58. The van der Waals surface area contributed by atoms with Crippen molar-refractivity contribution < 1.29 is 0 Å². The molecule has 0 amide bonds. The molecular formula is C19H27BrSiSn. The zero-order valence-electron chi connectivity index (χ0n) is 14.0. The molecule has 0 N–H and O–H groups in total. The van der Waals surface area contributed by atoms with Gasteiger partial charge in [-0.3, -0.25) is 0 Å². The van der Waals surface area contributed by atoms with Crippen LogP contribution >= 0.6 is 15.9 Å². The van der Waals surface area contributed by atoms with E-state index in [2.05, 4.69) is 96.2 Å². The van der Waals surface area contributed by atoms with Crippen molar-refractivity contribution in [2.24, 2.45) is 0 Å². The van der Waals surface area contributed by atoms with Crippen LogP contribution in [0.4, 0.5) is 0 Å². The molecule has 3 heteroatoms. The third-order valence-electron chi connectivity index (χ3n) is 4.22. The van der Waals surface area contributed by atoms with E-state index < -0.39 is 26.5 Å². The van der Waals surface area contributed by atoms with Crippen molar-refractivity contribution in [1.29, 1.82) is 0 Å². The summed E-state index contributed by atoms with van der Waals surface area (Å²) >= 11 is 1.06. The van der Waals surface area contributed by atoms with Gasteiger partial charge < -0.3 is 0 Å². The van der Waals surface area contributed by atoms with Gasteiger partial charge in [-0.2, -0.15) is 0 Å². The van der Waals surface area contributed by atoms with E-state index in [4.69, 9.17) is 0 Å². The molecule has 0 radical (unpaired) electrons. The minimum absolute atomic E-state index is 1.12. The molecule has 0 aliphatic carbocycles. The molecule has 0 fully saturated rings. The molecule has 22 heavy (non-hydrogen) atoms. The first-order chi connectivity index (χ1) is 10.5. The van der Waals surface area contributed by atoms with Crippen molar-refractivity contribution in [2.45, 2.75) is 34.6 Å². The van der Waals surface area contributed by atoms with Gasteiger partial charge in [-0.1, -0.05) is 0 Å². The van der Waals surface area contributed by atoms with Crippen molar-refractivity contribution >= 4 is 49.5 Å². The van der Waals surface area contributed by atoms with Crippen LogP contribution in [-0.2, 0) is 0 Å². The van der Waals surface area contributed by atoms with Crippen LogP contribution in [0.15, 0.2) is 60.7 Å². The quantitative estimate of drug-likeness (QED) is 0.389. The van der Waals surface area contributed by atoms with Gasteiger partial charge in [-0.05, 0) is 0 Å². The van der Waals surface area contributed by atoms with Crippen LogP contribution in [0.5, 0.6) is 0 Å². The summed E-state index contributed by atoms with van der Waals surface area (Å²) in [6, 6.07) is 22.9. The maximum absolute atomic E-state index is 3.67. The molecule has 2 aromatic rings. The molecule has 0 atom stereocenters. The standard InChI is InChI=1S/2C6H5.C4H11Si.C3H6Br.Sn/c2*1-2-4-6-5-3-1;1-5(2,3)4;1-2-3-4;/h2*1-5H;1H2,2-4H3;1-3H2;. The van der Waals surface area contributed by atoms with E-state index in [1.165, 1.54) is 14.9 Å². The summed E-state index contributed by atoms with van der Waals surface area (Å²) in [6.07, 6.45) is 1.30. The zero-order valence-corrected chi connectivity index (χ0v) is 19.4. The van der Waals surface area contributed by atoms with E-state index in [0.717, 1.165) is 5.33 Å². The fourth-order valence-electron chi connectivity index (χ4n) is 3.54. The van der Waals surface area contributed by atoms with Crippen molar-refractivity contribution in [2.75, 3.05) is 5.33 Å². The monoisotopic (exact) mass is 482 g/mol. The molecule has 0 nitrogen and oxygen atoms in total. The van der Waals surface area contributed by atoms with Crippen molar-refractivity contribution in [1.82, 2.24) is 0 Å². The Labute approximate surface area is 149 Å². The summed E-state index contributed by atoms with van der Waals surface area (Å²) in [5.41, 5.74) is 0. The molecule has 0 aliphatic rings. The predicted octanol–water partition coefficient (Wildman–Crippen LogP) is 4.91. The van der Waals surface area contributed by atoms with E-state index >= 15 is 0 Å². The Morgan fingerprint density at radius 1 is 0.818 bits per heavy atom. The number of alkyl halides is 1. The van der Waals surface area contributed by atoms with Crippen LogP contribution in [0.1, 0.15) is 6.42 Å². The van der Waals surface area contributed by atoms with Gasteiger partial charge in [-0.15, -0.1) is 0 Å². The summed E-state index contributed by atoms with van der Waals surface area (Å²) in [7, 11) is -1.13. The van der Waals surface area contributed by atoms with Gasteiger partial charge in [0.05, 0.1) is 0 Å². The van der Waals surface area contributed by atoms with Crippen LogP contribution < -0.4 is 7.16 Å². The molecule has 0 heterocycles. The van der Waals surface area contributed by atoms with Crippen LogP contribution in [-0.4, -0.2) is 31.8 Å². The second kappa shape index (κ2) is 8.16. The van der Waals surface area contributed by atoms with E-state index in [-0.39, 0.29) is 0 Å². The van der Waals surface area contributed by atoms with Crippen molar-refractivity contribution in [3.8, 4) is 0 Å². The van der Waals surface area contributed by atoms with Crippen LogP contribution in [0.25, 0.3) is 0 Å². The van der Waals surface area contributed by atoms with E-state index in [0.29, 0.717) is 0 Å². The van der Waals surface area contributed by atoms with Gasteiger partial charge in [0.25, 0.3) is 0 Å². The summed E-state index contributed by atoms with van der Waals surface area (Å²) in [5, 5.41) is 1.12. The van der Waals surface area contributed by atoms with E-state index in [9.17, 15) is 0 Å². The topological polar surface area (TPSA) is 0 Å². The molecule has 0 aromatic heterocycles. The second-order valence-corrected chi connectivity index (χ2v) is 27.5. The number of benzene rings is 2. The average molecular weight is 482 g/mol. The van der Waals surface area contributed by atoms with Crippen LogP contribution in [0.3, 0.4) is 0 Å². The Kier molecular flexibility index (Phi) is 6.78. The Morgan fingerprint density at radius 3 is 1.64 bits per heavy atom. The number of rotatable bonds is 7. The summed E-state index contributed by atoms with van der Waals surface area (Å²) in [4.78, 5) is 0. The van der Waals surface area contributed by atoms with Crippen molar-refractivity contribution in [3.63, 3.8) is 0 Å². The molecule has 0 spiro atoms. The second-order valence-electron chi connectivity index (χ2n) is 7.34. The Morgan fingerprint density at radius 2 is 1.27 bits per heavy atom. The number of hydrogen-bond donors (Lipinski definition) is 0. The molecule has 0 unspecified atom stereocenters. The van der Waals surface area contributed by atoms with Gasteiger partial charge in [-0.25, -0.2) is 0 Å². The molecule has 0 saturated heterocycles. The number of hydrogen-bond acceptors (Lipinski definition) is 0. The zero-order chi connectivity index (χ0) is 16.1. The molecule has 2 aromatic carbocycles. The van der Waals surface area contributed by atoms with Gasteiger partial charge >= 0.3 is 150 Å². The fourth-order valence-corrected chi connectivity index (χ4v) is 37.8. The van der Waals surface area contributed by atoms with Crippen LogP contribution in [0, 0.1) is 0 Å². The van der Waals surface area contributed by atoms with E-state index in [1.807, 2.05) is 0 Å². The first kappa shape index (κ1) is 18.3. The van der Waals surface area contributed by atoms with Crippen molar-refractivity contribution in [3.05, 3.63) is 60.7 Å². The average Bonchev–Trinajstić information content (AvgIpc) is 2.52. The minimum atomic E-state index is -2.61. The molecule has 2 rings (SSSR count). The molecular weight excluding hydrogens is 455 g/mol. The Bertz CT molecular complexity index is 523. The normalized spacial score (nSPS) is 12.4. The molecule has 0 saturated carbocycles. The Hall–Kier alpha value is -0.0644. The maximum atomic E-state index is 3.67. The predicted molar refractivity (Wildman–Crippen MR) is 109 cm³/mol. The third-order valence-corrected chi connectivity index (χ3v) is 32.4. The molecule has 0 bridgehead atoms. The van der Waals surface area contributed by atoms with Crippen LogP contribution in [0.2, 0.25) is 28.1 Å². The van der Waals surface area contributed by atoms with E-state index in [1.54, 1.807) is 7.16 Å². The molecule has 118 valence electrons. The SMILES string of the molecule is C[Si](C)(C)[CH2][Sn]([CH2]CCBr)([c]1ccccc1)[c]1ccccc1.